The second kappa shape index (κ2) is 8.58. The van der Waals surface area contributed by atoms with Crippen LogP contribution in [0.25, 0.3) is 11.0 Å². The molecule has 3 aromatic rings. The summed E-state index contributed by atoms with van der Waals surface area (Å²) in [4.78, 5) is 25.3. The third kappa shape index (κ3) is 4.36. The van der Waals surface area contributed by atoms with Gasteiger partial charge in [0.25, 0.3) is 5.91 Å². The van der Waals surface area contributed by atoms with Crippen LogP contribution in [0.15, 0.2) is 41.0 Å². The summed E-state index contributed by atoms with van der Waals surface area (Å²) in [6, 6.07) is 10.2. The molecule has 0 fully saturated rings. The number of hydrogen-bond donors (Lipinski definition) is 1. The Morgan fingerprint density at radius 3 is 2.61 bits per heavy atom. The van der Waals surface area contributed by atoms with Gasteiger partial charge in [-0.15, -0.1) is 0 Å². The van der Waals surface area contributed by atoms with E-state index in [1.165, 1.54) is 11.1 Å². The number of rotatable bonds is 6. The lowest BCUT2D eigenvalue weighted by Crippen LogP contribution is -2.31. The van der Waals surface area contributed by atoms with Crippen LogP contribution in [0.3, 0.4) is 0 Å². The Bertz CT molecular complexity index is 1140. The maximum Gasteiger partial charge on any atom is 0.311 e. The van der Waals surface area contributed by atoms with Gasteiger partial charge in [0.15, 0.2) is 6.10 Å². The molecule has 31 heavy (non-hydrogen) atoms. The van der Waals surface area contributed by atoms with Crippen molar-refractivity contribution in [3.63, 3.8) is 0 Å². The van der Waals surface area contributed by atoms with E-state index < -0.39 is 12.1 Å². The van der Waals surface area contributed by atoms with Crippen LogP contribution in [-0.4, -0.2) is 18.0 Å². The number of carbonyl (C=O) groups is 2. The summed E-state index contributed by atoms with van der Waals surface area (Å²) >= 11 is 0. The maximum atomic E-state index is 12.7. The van der Waals surface area contributed by atoms with Gasteiger partial charge >= 0.3 is 5.97 Å². The fourth-order valence-corrected chi connectivity index (χ4v) is 4.30. The highest BCUT2D eigenvalue weighted by atomic mass is 16.5. The van der Waals surface area contributed by atoms with Crippen molar-refractivity contribution in [2.45, 2.75) is 65.4 Å². The molecule has 0 aliphatic heterocycles. The van der Waals surface area contributed by atoms with Crippen LogP contribution >= 0.6 is 0 Å². The van der Waals surface area contributed by atoms with Crippen LogP contribution in [0.5, 0.6) is 0 Å². The van der Waals surface area contributed by atoms with Crippen molar-refractivity contribution < 1.29 is 18.7 Å². The molecule has 1 unspecified atom stereocenters. The van der Waals surface area contributed by atoms with E-state index in [9.17, 15) is 9.59 Å². The SMILES string of the molecule is Cc1cccc(C(C)C)c1NC(=O)C(C)OC(=O)Cc1coc2cc3c(cc12)CCC3. The van der Waals surface area contributed by atoms with Crippen LogP contribution in [0.4, 0.5) is 5.69 Å². The zero-order chi connectivity index (χ0) is 22.1. The molecule has 1 atom stereocenters. The van der Waals surface area contributed by atoms with E-state index in [1.54, 1.807) is 13.2 Å². The molecule has 0 saturated heterocycles. The molecule has 1 aliphatic carbocycles. The molecule has 0 saturated carbocycles. The number of benzene rings is 2. The standard InChI is InChI=1S/C26H29NO4/c1-15(2)21-10-5-7-16(3)25(21)27-26(29)17(4)31-24(28)13-20-14-30-23-12-19-9-6-8-18(19)11-22(20)23/h5,7,10-12,14-15,17H,6,8-9,13H2,1-4H3,(H,27,29). The number of hydrogen-bond acceptors (Lipinski definition) is 4. The third-order valence-corrected chi connectivity index (χ3v) is 6.06. The number of fused-ring (bicyclic) bond motifs is 2. The molecule has 0 spiro atoms. The van der Waals surface area contributed by atoms with Gasteiger partial charge < -0.3 is 14.5 Å². The minimum Gasteiger partial charge on any atom is -0.464 e. The Balaban J connectivity index is 1.42. The van der Waals surface area contributed by atoms with Crippen molar-refractivity contribution in [2.75, 3.05) is 5.32 Å². The second-order valence-corrected chi connectivity index (χ2v) is 8.72. The molecule has 162 valence electrons. The lowest BCUT2D eigenvalue weighted by atomic mass is 9.98. The molecule has 5 heteroatoms. The normalized spacial score (nSPS) is 14.0. The summed E-state index contributed by atoms with van der Waals surface area (Å²) in [5, 5.41) is 3.90. The van der Waals surface area contributed by atoms with E-state index >= 15 is 0 Å². The molecule has 1 heterocycles. The number of nitrogens with one attached hydrogen (secondary N) is 1. The summed E-state index contributed by atoms with van der Waals surface area (Å²) in [7, 11) is 0. The van der Waals surface area contributed by atoms with Crippen LogP contribution < -0.4 is 5.32 Å². The van der Waals surface area contributed by atoms with Crippen molar-refractivity contribution in [1.29, 1.82) is 0 Å². The molecular formula is C26H29NO4. The molecule has 1 aliphatic rings. The van der Waals surface area contributed by atoms with Crippen molar-refractivity contribution in [2.24, 2.45) is 0 Å². The number of furan rings is 1. The monoisotopic (exact) mass is 419 g/mol. The number of amides is 1. The van der Waals surface area contributed by atoms with Gasteiger partial charge in [0.1, 0.15) is 5.58 Å². The molecule has 1 amide bonds. The molecule has 5 nitrogen and oxygen atoms in total. The number of aryl methyl sites for hydroxylation is 3. The minimum absolute atomic E-state index is 0.0744. The summed E-state index contributed by atoms with van der Waals surface area (Å²) in [5.41, 5.74) is 7.09. The average Bonchev–Trinajstić information content (AvgIpc) is 3.33. The number of carbonyl (C=O) groups excluding carboxylic acids is 2. The first-order valence-corrected chi connectivity index (χ1v) is 10.9. The summed E-state index contributed by atoms with van der Waals surface area (Å²) < 4.78 is 11.1. The third-order valence-electron chi connectivity index (χ3n) is 6.06. The zero-order valence-electron chi connectivity index (χ0n) is 18.6. The predicted molar refractivity (Wildman–Crippen MR) is 121 cm³/mol. The first kappa shape index (κ1) is 21.2. The number of para-hydroxylation sites is 1. The van der Waals surface area contributed by atoms with Crippen molar-refractivity contribution in [1.82, 2.24) is 0 Å². The van der Waals surface area contributed by atoms with Gasteiger partial charge in [-0.25, -0.2) is 0 Å². The van der Waals surface area contributed by atoms with Gasteiger partial charge in [-0.05, 0) is 73.4 Å². The Morgan fingerprint density at radius 1 is 1.13 bits per heavy atom. The molecule has 1 aromatic heterocycles. The van der Waals surface area contributed by atoms with Crippen LogP contribution in [0.2, 0.25) is 0 Å². The van der Waals surface area contributed by atoms with E-state index in [-0.39, 0.29) is 18.2 Å². The highest BCUT2D eigenvalue weighted by molar-refractivity contribution is 5.97. The molecule has 2 aromatic carbocycles. The smallest absolute Gasteiger partial charge is 0.311 e. The lowest BCUT2D eigenvalue weighted by molar-refractivity contribution is -0.152. The average molecular weight is 420 g/mol. The van der Waals surface area contributed by atoms with Gasteiger partial charge in [0, 0.05) is 16.6 Å². The number of esters is 1. The molecule has 0 radical (unpaired) electrons. The quantitative estimate of drug-likeness (QED) is 0.538. The summed E-state index contributed by atoms with van der Waals surface area (Å²) in [5.74, 6) is -0.511. The number of anilines is 1. The lowest BCUT2D eigenvalue weighted by Gasteiger charge is -2.19. The van der Waals surface area contributed by atoms with Crippen molar-refractivity contribution in [3.05, 3.63) is 64.4 Å². The van der Waals surface area contributed by atoms with Crippen LogP contribution in [0, 0.1) is 6.92 Å². The van der Waals surface area contributed by atoms with Gasteiger partial charge in [0.05, 0.1) is 12.7 Å². The van der Waals surface area contributed by atoms with Crippen molar-refractivity contribution >= 4 is 28.5 Å². The summed E-state index contributed by atoms with van der Waals surface area (Å²) in [6.07, 6.45) is 4.10. The minimum atomic E-state index is -0.894. The predicted octanol–water partition coefficient (Wildman–Crippen LogP) is 5.47. The topological polar surface area (TPSA) is 68.5 Å². The second-order valence-electron chi connectivity index (χ2n) is 8.72. The molecule has 4 rings (SSSR count). The maximum absolute atomic E-state index is 12.7. The van der Waals surface area contributed by atoms with E-state index in [0.717, 1.165) is 52.6 Å². The first-order chi connectivity index (χ1) is 14.8. The van der Waals surface area contributed by atoms with Gasteiger partial charge in [-0.1, -0.05) is 32.0 Å². The molecular weight excluding hydrogens is 390 g/mol. The van der Waals surface area contributed by atoms with Gasteiger partial charge in [0.2, 0.25) is 0 Å². The van der Waals surface area contributed by atoms with E-state index in [0.29, 0.717) is 0 Å². The first-order valence-electron chi connectivity index (χ1n) is 10.9. The van der Waals surface area contributed by atoms with Gasteiger partial charge in [-0.2, -0.15) is 0 Å². The largest absolute Gasteiger partial charge is 0.464 e. The Labute approximate surface area is 182 Å². The summed E-state index contributed by atoms with van der Waals surface area (Å²) in [6.45, 7) is 7.72. The van der Waals surface area contributed by atoms with E-state index in [1.807, 2.05) is 25.1 Å². The highest BCUT2D eigenvalue weighted by Gasteiger charge is 2.22. The Morgan fingerprint density at radius 2 is 1.87 bits per heavy atom. The molecule has 1 N–H and O–H groups in total. The van der Waals surface area contributed by atoms with Crippen LogP contribution in [0.1, 0.15) is 60.9 Å². The van der Waals surface area contributed by atoms with E-state index in [2.05, 4.69) is 31.3 Å². The zero-order valence-corrected chi connectivity index (χ0v) is 18.6. The fourth-order valence-electron chi connectivity index (χ4n) is 4.30. The number of ether oxygens (including phenoxy) is 1. The van der Waals surface area contributed by atoms with Crippen LogP contribution in [-0.2, 0) is 33.6 Å². The Kier molecular flexibility index (Phi) is 5.86. The van der Waals surface area contributed by atoms with E-state index in [4.69, 9.17) is 9.15 Å². The molecule has 0 bridgehead atoms. The fraction of sp³-hybridized carbons (Fsp3) is 0.385. The Hall–Kier alpha value is -3.08. The highest BCUT2D eigenvalue weighted by Crippen LogP contribution is 2.31. The van der Waals surface area contributed by atoms with Gasteiger partial charge in [-0.3, -0.25) is 9.59 Å². The van der Waals surface area contributed by atoms with Crippen molar-refractivity contribution in [3.8, 4) is 0 Å².